The van der Waals surface area contributed by atoms with Crippen LogP contribution in [0.3, 0.4) is 0 Å². The lowest BCUT2D eigenvalue weighted by Gasteiger charge is -2.29. The quantitative estimate of drug-likeness (QED) is 0.184. The highest BCUT2D eigenvalue weighted by Crippen LogP contribution is 2.22. The summed E-state index contributed by atoms with van der Waals surface area (Å²) in [5.41, 5.74) is 4.98. The van der Waals surface area contributed by atoms with Gasteiger partial charge in [0.05, 0.1) is 51.8 Å². The molecule has 3 rings (SSSR count). The van der Waals surface area contributed by atoms with Crippen molar-refractivity contribution in [2.24, 2.45) is 27.5 Å². The summed E-state index contributed by atoms with van der Waals surface area (Å²) < 4.78 is 2.97. The van der Waals surface area contributed by atoms with Gasteiger partial charge in [0.1, 0.15) is 0 Å². The zero-order valence-corrected chi connectivity index (χ0v) is 21.3. The molecule has 3 aromatic rings. The fourth-order valence-corrected chi connectivity index (χ4v) is 3.88. The Morgan fingerprint density at radius 2 is 1.58 bits per heavy atom. The highest BCUT2D eigenvalue weighted by Gasteiger charge is 2.11. The highest BCUT2D eigenvalue weighted by atomic mass is 32.1. The summed E-state index contributed by atoms with van der Waals surface area (Å²) in [6, 6.07) is 16.0. The molecule has 0 saturated carbocycles. The molecule has 0 atom stereocenters. The summed E-state index contributed by atoms with van der Waals surface area (Å²) >= 11 is 1.58. The van der Waals surface area contributed by atoms with Crippen LogP contribution in [0.1, 0.15) is 18.2 Å². The van der Waals surface area contributed by atoms with Gasteiger partial charge < -0.3 is 14.0 Å². The van der Waals surface area contributed by atoms with Crippen molar-refractivity contribution in [1.29, 1.82) is 0 Å². The largest absolute Gasteiger partial charge is 0.366 e. The molecule has 1 aromatic heterocycles. The summed E-state index contributed by atoms with van der Waals surface area (Å²) in [6.45, 7) is 7.34. The molecule has 1 heterocycles. The third-order valence-corrected chi connectivity index (χ3v) is 6.34. The maximum atomic E-state index is 4.38. The molecular weight excluding hydrogens is 430 g/mol. The number of benzene rings is 2. The zero-order chi connectivity index (χ0) is 23.8. The Labute approximate surface area is 200 Å². The molecule has 0 aliphatic rings. The average molecular weight is 465 g/mol. The van der Waals surface area contributed by atoms with Gasteiger partial charge in [-0.3, -0.25) is 0 Å². The fourth-order valence-electron chi connectivity index (χ4n) is 3.05. The predicted octanol–water partition coefficient (Wildman–Crippen LogP) is 5.28. The van der Waals surface area contributed by atoms with Gasteiger partial charge in [-0.05, 0) is 55.8 Å². The lowest BCUT2D eigenvalue weighted by atomic mass is 10.2. The molecule has 174 valence electrons. The van der Waals surface area contributed by atoms with E-state index in [1.807, 2.05) is 54.9 Å². The van der Waals surface area contributed by atoms with Crippen LogP contribution < -0.4 is 9.70 Å². The summed E-state index contributed by atoms with van der Waals surface area (Å²) in [5.74, 6) is 0. The normalized spacial score (nSPS) is 12.8. The second-order valence-electron chi connectivity index (χ2n) is 8.96. The van der Waals surface area contributed by atoms with E-state index in [1.165, 1.54) is 11.4 Å². The van der Waals surface area contributed by atoms with Gasteiger partial charge in [-0.25, -0.2) is 0 Å². The van der Waals surface area contributed by atoms with Gasteiger partial charge in [-0.2, -0.15) is 15.3 Å². The van der Waals surface area contributed by atoms with Crippen LogP contribution >= 0.6 is 11.3 Å². The van der Waals surface area contributed by atoms with Gasteiger partial charge >= 0.3 is 0 Å². The molecule has 0 bridgehead atoms. The van der Waals surface area contributed by atoms with Crippen molar-refractivity contribution in [3.05, 3.63) is 70.0 Å². The first-order valence-corrected chi connectivity index (χ1v) is 12.0. The van der Waals surface area contributed by atoms with E-state index in [1.54, 1.807) is 17.6 Å². The van der Waals surface area contributed by atoms with E-state index in [9.17, 15) is 0 Å². The molecule has 0 amide bonds. The average Bonchev–Trinajstić information content (AvgIpc) is 3.11. The van der Waals surface area contributed by atoms with Gasteiger partial charge in [-0.15, -0.1) is 16.4 Å². The van der Waals surface area contributed by atoms with E-state index in [4.69, 9.17) is 0 Å². The topological polar surface area (TPSA) is 57.6 Å². The summed E-state index contributed by atoms with van der Waals surface area (Å²) in [7, 11) is 8.65. The third-order valence-electron chi connectivity index (χ3n) is 5.31. The third kappa shape index (κ3) is 7.47. The number of rotatable bonds is 9. The van der Waals surface area contributed by atoms with Gasteiger partial charge in [0.25, 0.3) is 0 Å². The Morgan fingerprint density at radius 1 is 0.970 bits per heavy atom. The molecule has 2 aromatic carbocycles. The van der Waals surface area contributed by atoms with Crippen molar-refractivity contribution in [3.8, 4) is 0 Å². The second-order valence-corrected chi connectivity index (χ2v) is 9.80. The number of anilines is 1. The molecule has 0 aliphatic carbocycles. The standard InChI is InChI=1S/C25H34N7S/c1-7-31(16-17-32(4,5)6)24-14-12-23(13-15-24)28-27-22-10-8-21(9-11-22)18-26-29-25-30(3)20(2)19-33-25/h8-15,18-19H,7,16-17H2,1-6H3/q+1. The number of nitrogens with zero attached hydrogens (tertiary/aromatic N) is 7. The Bertz CT molecular complexity index is 1150. The Balaban J connectivity index is 1.60. The van der Waals surface area contributed by atoms with Crippen LogP contribution in [0.4, 0.5) is 17.1 Å². The second kappa shape index (κ2) is 11.2. The van der Waals surface area contributed by atoms with Crippen molar-refractivity contribution >= 4 is 34.6 Å². The fraction of sp³-hybridized carbons (Fsp3) is 0.360. The summed E-state index contributed by atoms with van der Waals surface area (Å²) in [4.78, 5) is 3.26. The molecule has 0 aliphatic heterocycles. The van der Waals surface area contributed by atoms with Crippen molar-refractivity contribution in [2.45, 2.75) is 13.8 Å². The van der Waals surface area contributed by atoms with Crippen LogP contribution in [0.2, 0.25) is 0 Å². The first-order valence-electron chi connectivity index (χ1n) is 11.1. The maximum absolute atomic E-state index is 4.38. The van der Waals surface area contributed by atoms with E-state index in [0.717, 1.165) is 45.9 Å². The Kier molecular flexibility index (Phi) is 8.30. The van der Waals surface area contributed by atoms with Crippen LogP contribution in [-0.4, -0.2) is 56.0 Å². The number of thiazole rings is 1. The maximum Gasteiger partial charge on any atom is 0.210 e. The minimum atomic E-state index is 0.798. The van der Waals surface area contributed by atoms with Gasteiger partial charge in [0.15, 0.2) is 0 Å². The molecule has 8 heteroatoms. The van der Waals surface area contributed by atoms with E-state index >= 15 is 0 Å². The van der Waals surface area contributed by atoms with Crippen LogP contribution in [0.25, 0.3) is 0 Å². The molecule has 0 N–H and O–H groups in total. The van der Waals surface area contributed by atoms with E-state index in [2.05, 4.69) is 70.9 Å². The number of hydrogen-bond donors (Lipinski definition) is 0. The summed E-state index contributed by atoms with van der Waals surface area (Å²) in [6.07, 6.45) is 1.74. The number of aryl methyl sites for hydroxylation is 1. The molecule has 0 saturated heterocycles. The minimum absolute atomic E-state index is 0.798. The minimum Gasteiger partial charge on any atom is -0.366 e. The Morgan fingerprint density at radius 3 is 2.09 bits per heavy atom. The van der Waals surface area contributed by atoms with Gasteiger partial charge in [0.2, 0.25) is 4.80 Å². The monoisotopic (exact) mass is 464 g/mol. The smallest absolute Gasteiger partial charge is 0.210 e. The van der Waals surface area contributed by atoms with Gasteiger partial charge in [-0.1, -0.05) is 12.1 Å². The van der Waals surface area contributed by atoms with E-state index < -0.39 is 0 Å². The summed E-state index contributed by atoms with van der Waals surface area (Å²) in [5, 5.41) is 19.3. The molecule has 0 fully saturated rings. The van der Waals surface area contributed by atoms with Crippen molar-refractivity contribution in [3.63, 3.8) is 0 Å². The Hall–Kier alpha value is -3.10. The first-order chi connectivity index (χ1) is 15.7. The number of likely N-dealkylation sites (N-methyl/N-ethyl adjacent to an activating group) is 2. The predicted molar refractivity (Wildman–Crippen MR) is 139 cm³/mol. The molecule has 0 unspecified atom stereocenters. The number of hydrogen-bond acceptors (Lipinski definition) is 6. The van der Waals surface area contributed by atoms with Crippen LogP contribution in [-0.2, 0) is 7.05 Å². The first kappa shape index (κ1) is 24.5. The lowest BCUT2D eigenvalue weighted by molar-refractivity contribution is -0.868. The molecule has 7 nitrogen and oxygen atoms in total. The molecule has 33 heavy (non-hydrogen) atoms. The van der Waals surface area contributed by atoms with Crippen LogP contribution in [0.15, 0.2) is 74.3 Å². The van der Waals surface area contributed by atoms with Crippen molar-refractivity contribution < 1.29 is 4.48 Å². The van der Waals surface area contributed by atoms with Gasteiger partial charge in [0, 0.05) is 30.4 Å². The zero-order valence-electron chi connectivity index (χ0n) is 20.4. The van der Waals surface area contributed by atoms with Crippen LogP contribution in [0, 0.1) is 6.92 Å². The van der Waals surface area contributed by atoms with E-state index in [-0.39, 0.29) is 0 Å². The molecule has 0 radical (unpaired) electrons. The number of aromatic nitrogens is 1. The van der Waals surface area contributed by atoms with Crippen molar-refractivity contribution in [2.75, 3.05) is 45.7 Å². The number of quaternary nitrogens is 1. The lowest BCUT2D eigenvalue weighted by Crippen LogP contribution is -2.42. The number of azo groups is 1. The SMILES string of the molecule is CCN(CC[N+](C)(C)C)c1ccc(N=Nc2ccc(C=NN=c3scc(C)n3C)cc2)cc1. The van der Waals surface area contributed by atoms with E-state index in [0.29, 0.717) is 0 Å². The van der Waals surface area contributed by atoms with Crippen LogP contribution in [0.5, 0.6) is 0 Å². The molecule has 0 spiro atoms. The van der Waals surface area contributed by atoms with Crippen molar-refractivity contribution in [1.82, 2.24) is 4.57 Å². The molecular formula is C25H34N7S+. The highest BCUT2D eigenvalue weighted by molar-refractivity contribution is 7.07.